The topological polar surface area (TPSA) is 76.2 Å². The minimum Gasteiger partial charge on any atom is -0.491 e. The normalized spacial score (nSPS) is 16.0. The Kier molecular flexibility index (Phi) is 5.62. The number of rotatable bonds is 6. The number of ether oxygens (including phenoxy) is 2. The highest BCUT2D eigenvalue weighted by atomic mass is 16.5. The van der Waals surface area contributed by atoms with Crippen LogP contribution < -0.4 is 10.1 Å². The van der Waals surface area contributed by atoms with Crippen LogP contribution in [0.5, 0.6) is 5.75 Å². The van der Waals surface area contributed by atoms with Crippen molar-refractivity contribution >= 4 is 11.6 Å². The molecule has 3 aromatic rings. The lowest BCUT2D eigenvalue weighted by Gasteiger charge is -2.12. The molecule has 0 radical (unpaired) electrons. The zero-order valence-corrected chi connectivity index (χ0v) is 16.7. The molecular weight excluding hydrogens is 366 g/mol. The van der Waals surface area contributed by atoms with E-state index < -0.39 is 0 Å². The molecule has 1 atom stereocenters. The van der Waals surface area contributed by atoms with E-state index in [0.29, 0.717) is 12.2 Å². The maximum absolute atomic E-state index is 12.6. The summed E-state index contributed by atoms with van der Waals surface area (Å²) in [7, 11) is 0. The smallest absolute Gasteiger partial charge is 0.255 e. The molecule has 1 saturated heterocycles. The highest BCUT2D eigenvalue weighted by Gasteiger charge is 2.16. The minimum absolute atomic E-state index is 0.167. The molecule has 1 aromatic heterocycles. The number of carbonyl (C=O) groups excluding carboxylic acids is 1. The van der Waals surface area contributed by atoms with Crippen molar-refractivity contribution in [3.05, 3.63) is 65.5 Å². The molecule has 1 aliphatic rings. The number of anilines is 1. The van der Waals surface area contributed by atoms with Gasteiger partial charge in [0.25, 0.3) is 5.91 Å². The molecule has 150 valence electrons. The van der Waals surface area contributed by atoms with E-state index in [1.165, 1.54) is 0 Å². The van der Waals surface area contributed by atoms with Crippen LogP contribution >= 0.6 is 0 Å². The number of aromatic nitrogens is 2. The quantitative estimate of drug-likeness (QED) is 0.648. The third kappa shape index (κ3) is 4.66. The Hall–Kier alpha value is -3.12. The molecule has 0 spiro atoms. The number of carbonyl (C=O) groups is 1. The van der Waals surface area contributed by atoms with Crippen LogP contribution in [-0.2, 0) is 4.74 Å². The predicted octanol–water partition coefficient (Wildman–Crippen LogP) is 4.50. The van der Waals surface area contributed by atoms with Gasteiger partial charge in [-0.1, -0.05) is 12.1 Å². The fourth-order valence-corrected chi connectivity index (χ4v) is 3.30. The number of aryl methyl sites for hydroxylation is 2. The van der Waals surface area contributed by atoms with Gasteiger partial charge < -0.3 is 19.8 Å². The van der Waals surface area contributed by atoms with E-state index in [4.69, 9.17) is 9.47 Å². The maximum Gasteiger partial charge on any atom is 0.255 e. The van der Waals surface area contributed by atoms with Crippen LogP contribution in [0.15, 0.2) is 48.5 Å². The van der Waals surface area contributed by atoms with Crippen LogP contribution in [0, 0.1) is 13.8 Å². The van der Waals surface area contributed by atoms with Crippen molar-refractivity contribution in [1.29, 1.82) is 0 Å². The van der Waals surface area contributed by atoms with Crippen LogP contribution in [-0.4, -0.2) is 35.2 Å². The van der Waals surface area contributed by atoms with Crippen molar-refractivity contribution in [3.8, 4) is 17.1 Å². The van der Waals surface area contributed by atoms with Crippen molar-refractivity contribution in [3.63, 3.8) is 0 Å². The van der Waals surface area contributed by atoms with Crippen molar-refractivity contribution in [2.75, 3.05) is 18.5 Å². The van der Waals surface area contributed by atoms with Gasteiger partial charge in [0.15, 0.2) is 0 Å². The number of hydrogen-bond donors (Lipinski definition) is 2. The molecule has 0 aliphatic carbocycles. The number of aromatic amines is 1. The zero-order chi connectivity index (χ0) is 20.2. The van der Waals surface area contributed by atoms with E-state index in [9.17, 15) is 4.79 Å². The number of nitrogens with one attached hydrogen (secondary N) is 2. The maximum atomic E-state index is 12.6. The third-order valence-electron chi connectivity index (χ3n) is 5.10. The summed E-state index contributed by atoms with van der Waals surface area (Å²) in [4.78, 5) is 20.4. The molecule has 2 aromatic carbocycles. The van der Waals surface area contributed by atoms with E-state index in [1.54, 1.807) is 12.1 Å². The lowest BCUT2D eigenvalue weighted by atomic mass is 10.1. The van der Waals surface area contributed by atoms with E-state index in [0.717, 1.165) is 53.7 Å². The van der Waals surface area contributed by atoms with Gasteiger partial charge in [-0.25, -0.2) is 4.98 Å². The van der Waals surface area contributed by atoms with Crippen molar-refractivity contribution in [1.82, 2.24) is 9.97 Å². The first-order valence-electron chi connectivity index (χ1n) is 9.88. The predicted molar refractivity (Wildman–Crippen MR) is 112 cm³/mol. The molecular formula is C23H25N3O3. The molecule has 1 amide bonds. The first kappa shape index (κ1) is 19.2. The van der Waals surface area contributed by atoms with Gasteiger partial charge in [-0.3, -0.25) is 4.79 Å². The number of nitrogens with zero attached hydrogens (tertiary/aromatic N) is 1. The monoisotopic (exact) mass is 391 g/mol. The first-order valence-corrected chi connectivity index (χ1v) is 9.88. The molecule has 2 heterocycles. The summed E-state index contributed by atoms with van der Waals surface area (Å²) in [6.45, 7) is 5.32. The molecule has 1 unspecified atom stereocenters. The zero-order valence-electron chi connectivity index (χ0n) is 16.7. The molecule has 6 heteroatoms. The average molecular weight is 391 g/mol. The highest BCUT2D eigenvalue weighted by molar-refractivity contribution is 6.04. The van der Waals surface area contributed by atoms with Crippen molar-refractivity contribution in [2.24, 2.45) is 0 Å². The summed E-state index contributed by atoms with van der Waals surface area (Å²) in [6, 6.07) is 14.8. The number of hydrogen-bond acceptors (Lipinski definition) is 4. The second kappa shape index (κ2) is 8.49. The summed E-state index contributed by atoms with van der Waals surface area (Å²) in [5, 5.41) is 2.94. The van der Waals surface area contributed by atoms with E-state index in [2.05, 4.69) is 15.3 Å². The molecule has 2 N–H and O–H groups in total. The van der Waals surface area contributed by atoms with Gasteiger partial charge in [0, 0.05) is 29.1 Å². The number of amides is 1. The van der Waals surface area contributed by atoms with E-state index in [1.807, 2.05) is 50.2 Å². The molecule has 1 aliphatic heterocycles. The lowest BCUT2D eigenvalue weighted by Crippen LogP contribution is -2.16. The van der Waals surface area contributed by atoms with Gasteiger partial charge in [0.2, 0.25) is 0 Å². The summed E-state index contributed by atoms with van der Waals surface area (Å²) in [6.07, 6.45) is 2.30. The van der Waals surface area contributed by atoms with Crippen LogP contribution in [0.1, 0.15) is 34.6 Å². The minimum atomic E-state index is -0.167. The van der Waals surface area contributed by atoms with Gasteiger partial charge in [-0.2, -0.15) is 0 Å². The molecule has 1 fully saturated rings. The first-order chi connectivity index (χ1) is 14.1. The molecule has 4 rings (SSSR count). The third-order valence-corrected chi connectivity index (χ3v) is 5.10. The van der Waals surface area contributed by atoms with E-state index >= 15 is 0 Å². The Morgan fingerprint density at radius 2 is 2.07 bits per heavy atom. The Bertz CT molecular complexity index is 969. The number of imidazole rings is 1. The summed E-state index contributed by atoms with van der Waals surface area (Å²) in [5.41, 5.74) is 4.23. The van der Waals surface area contributed by atoms with E-state index in [-0.39, 0.29) is 12.0 Å². The van der Waals surface area contributed by atoms with Gasteiger partial charge in [-0.05, 0) is 63.1 Å². The average Bonchev–Trinajstić information content (AvgIpc) is 3.37. The van der Waals surface area contributed by atoms with Crippen LogP contribution in [0.4, 0.5) is 5.69 Å². The van der Waals surface area contributed by atoms with Crippen molar-refractivity contribution in [2.45, 2.75) is 32.8 Å². The molecule has 0 bridgehead atoms. The molecule has 6 nitrogen and oxygen atoms in total. The van der Waals surface area contributed by atoms with Gasteiger partial charge in [0.05, 0.1) is 11.8 Å². The van der Waals surface area contributed by atoms with Crippen LogP contribution in [0.3, 0.4) is 0 Å². The second-order valence-electron chi connectivity index (χ2n) is 7.30. The van der Waals surface area contributed by atoms with Gasteiger partial charge >= 0.3 is 0 Å². The Labute approximate surface area is 170 Å². The van der Waals surface area contributed by atoms with Gasteiger partial charge in [-0.15, -0.1) is 0 Å². The fraction of sp³-hybridized carbons (Fsp3) is 0.304. The Morgan fingerprint density at radius 3 is 2.76 bits per heavy atom. The Balaban J connectivity index is 1.39. The Morgan fingerprint density at radius 1 is 1.24 bits per heavy atom. The number of H-pyrrole nitrogens is 1. The highest BCUT2D eigenvalue weighted by Crippen LogP contribution is 2.22. The number of benzene rings is 2. The van der Waals surface area contributed by atoms with Crippen LogP contribution in [0.2, 0.25) is 0 Å². The molecule has 29 heavy (non-hydrogen) atoms. The summed E-state index contributed by atoms with van der Waals surface area (Å²) >= 11 is 0. The largest absolute Gasteiger partial charge is 0.491 e. The fourth-order valence-electron chi connectivity index (χ4n) is 3.30. The second-order valence-corrected chi connectivity index (χ2v) is 7.30. The standard InChI is InChI=1S/C23H25N3O3/c1-15-16(2)25-22(24-15)18-5-3-6-19(13-18)26-23(27)17-8-10-20(11-9-17)29-14-21-7-4-12-28-21/h3,5-6,8-11,13,21H,4,7,12,14H2,1-2H3,(H,24,25)(H,26,27). The summed E-state index contributed by atoms with van der Waals surface area (Å²) in [5.74, 6) is 1.37. The summed E-state index contributed by atoms with van der Waals surface area (Å²) < 4.78 is 11.3. The SMILES string of the molecule is Cc1nc(-c2cccc(NC(=O)c3ccc(OCC4CCCO4)cc3)c2)[nH]c1C. The van der Waals surface area contributed by atoms with Gasteiger partial charge in [0.1, 0.15) is 18.2 Å². The van der Waals surface area contributed by atoms with Crippen LogP contribution in [0.25, 0.3) is 11.4 Å². The lowest BCUT2D eigenvalue weighted by molar-refractivity contribution is 0.0679. The molecule has 0 saturated carbocycles. The van der Waals surface area contributed by atoms with Crippen molar-refractivity contribution < 1.29 is 14.3 Å².